The van der Waals surface area contributed by atoms with Gasteiger partial charge < -0.3 is 0 Å². The molecule has 0 saturated carbocycles. The van der Waals surface area contributed by atoms with Gasteiger partial charge in [0, 0.05) is 0 Å². The van der Waals surface area contributed by atoms with Gasteiger partial charge in [0.2, 0.25) is 0 Å². The summed E-state index contributed by atoms with van der Waals surface area (Å²) in [6.07, 6.45) is 6.79. The molecule has 9 heavy (non-hydrogen) atoms. The van der Waals surface area contributed by atoms with Gasteiger partial charge in [-0.2, -0.15) is 0 Å². The van der Waals surface area contributed by atoms with Gasteiger partial charge in [-0.15, -0.1) is 6.42 Å². The Morgan fingerprint density at radius 3 is 2.78 bits per heavy atom. The van der Waals surface area contributed by atoms with Crippen LogP contribution in [0.25, 0.3) is 0 Å². The second-order valence-electron chi connectivity index (χ2n) is 2.17. The van der Waals surface area contributed by atoms with Gasteiger partial charge in [0.05, 0.1) is 0 Å². The monoisotopic (exact) mass is 122 g/mol. The molecule has 0 aromatic carbocycles. The third-order valence-corrected chi connectivity index (χ3v) is 0.849. The topological polar surface area (TPSA) is 3.01 Å². The first-order valence-electron chi connectivity index (χ1n) is 2.80. The molecule has 0 spiro atoms. The van der Waals surface area contributed by atoms with Gasteiger partial charge in [-0.1, -0.05) is 5.92 Å². The Morgan fingerprint density at radius 2 is 2.44 bits per heavy atom. The van der Waals surface area contributed by atoms with Crippen molar-refractivity contribution < 1.29 is 4.58 Å². The molecule has 0 rings (SSSR count). The smallest absolute Gasteiger partial charge is 0.164 e. The molecule has 1 nitrogen and oxygen atoms in total. The SMILES string of the molecule is C#CC=C(C)C[N+](=C)C. The van der Waals surface area contributed by atoms with Crippen molar-refractivity contribution >= 4 is 6.72 Å². The van der Waals surface area contributed by atoms with Crippen molar-refractivity contribution in [3.05, 3.63) is 11.6 Å². The minimum absolute atomic E-state index is 0.838. The summed E-state index contributed by atoms with van der Waals surface area (Å²) in [5.41, 5.74) is 1.16. The van der Waals surface area contributed by atoms with Crippen LogP contribution in [0.15, 0.2) is 11.6 Å². The van der Waals surface area contributed by atoms with E-state index in [-0.39, 0.29) is 0 Å². The molecule has 0 amide bonds. The first-order valence-corrected chi connectivity index (χ1v) is 2.80. The second-order valence-corrected chi connectivity index (χ2v) is 2.17. The molecule has 0 aromatic rings. The van der Waals surface area contributed by atoms with Crippen molar-refractivity contribution in [2.45, 2.75) is 6.92 Å². The zero-order chi connectivity index (χ0) is 7.28. The van der Waals surface area contributed by atoms with Crippen LogP contribution in [0.4, 0.5) is 0 Å². The lowest BCUT2D eigenvalue weighted by Gasteiger charge is -1.91. The van der Waals surface area contributed by atoms with Crippen LogP contribution in [-0.2, 0) is 0 Å². The molecule has 0 fully saturated rings. The molecule has 0 radical (unpaired) electrons. The molecule has 0 aromatic heterocycles. The molecule has 1 heteroatoms. The van der Waals surface area contributed by atoms with Crippen molar-refractivity contribution in [2.75, 3.05) is 13.6 Å². The average Bonchev–Trinajstić information content (AvgIpc) is 1.63. The first-order chi connectivity index (χ1) is 4.16. The molecule has 0 aliphatic heterocycles. The van der Waals surface area contributed by atoms with Crippen molar-refractivity contribution in [3.8, 4) is 12.3 Å². The van der Waals surface area contributed by atoms with Crippen LogP contribution in [0.2, 0.25) is 0 Å². The van der Waals surface area contributed by atoms with Crippen LogP contribution in [-0.4, -0.2) is 24.9 Å². The third-order valence-electron chi connectivity index (χ3n) is 0.849. The summed E-state index contributed by atoms with van der Waals surface area (Å²) in [6.45, 7) is 6.51. The van der Waals surface area contributed by atoms with Gasteiger partial charge >= 0.3 is 0 Å². The number of nitrogens with zero attached hydrogens (tertiary/aromatic N) is 1. The maximum absolute atomic E-state index is 5.04. The predicted octanol–water partition coefficient (Wildman–Crippen LogP) is 0.909. The summed E-state index contributed by atoms with van der Waals surface area (Å²) in [4.78, 5) is 0. The van der Waals surface area contributed by atoms with E-state index in [0.29, 0.717) is 0 Å². The minimum Gasteiger partial charge on any atom is -0.241 e. The molecule has 0 aliphatic rings. The van der Waals surface area contributed by atoms with E-state index in [1.165, 1.54) is 0 Å². The highest BCUT2D eigenvalue weighted by Gasteiger charge is 1.91. The highest BCUT2D eigenvalue weighted by Crippen LogP contribution is 1.88. The van der Waals surface area contributed by atoms with Gasteiger partial charge in [0.15, 0.2) is 6.54 Å². The number of hydrogen-bond acceptors (Lipinski definition) is 0. The molecular weight excluding hydrogens is 110 g/mol. The third kappa shape index (κ3) is 4.83. The van der Waals surface area contributed by atoms with E-state index in [1.54, 1.807) is 6.08 Å². The quantitative estimate of drug-likeness (QED) is 0.291. The molecule has 48 valence electrons. The van der Waals surface area contributed by atoms with Crippen molar-refractivity contribution in [2.24, 2.45) is 0 Å². The summed E-state index contributed by atoms with van der Waals surface area (Å²) in [5.74, 6) is 2.46. The van der Waals surface area contributed by atoms with E-state index >= 15 is 0 Å². The molecule has 0 atom stereocenters. The van der Waals surface area contributed by atoms with Crippen LogP contribution in [0.3, 0.4) is 0 Å². The molecule has 0 N–H and O–H groups in total. The lowest BCUT2D eigenvalue weighted by atomic mass is 10.3. The number of likely N-dealkylation sites (N-methyl/N-ethyl adjacent to an activating group) is 1. The maximum Gasteiger partial charge on any atom is 0.164 e. The average molecular weight is 122 g/mol. The number of rotatable bonds is 2. The number of hydrogen-bond donors (Lipinski definition) is 0. The molecular formula is C8H12N+. The Bertz CT molecular complexity index is 169. The fraction of sp³-hybridized carbons (Fsp3) is 0.375. The van der Waals surface area contributed by atoms with Crippen molar-refractivity contribution in [3.63, 3.8) is 0 Å². The van der Waals surface area contributed by atoms with Crippen LogP contribution < -0.4 is 0 Å². The Kier molecular flexibility index (Phi) is 3.46. The van der Waals surface area contributed by atoms with E-state index in [0.717, 1.165) is 12.1 Å². The van der Waals surface area contributed by atoms with Gasteiger partial charge in [0.25, 0.3) is 0 Å². The van der Waals surface area contributed by atoms with Gasteiger partial charge in [-0.25, -0.2) is 4.58 Å². The van der Waals surface area contributed by atoms with E-state index in [2.05, 4.69) is 12.6 Å². The van der Waals surface area contributed by atoms with E-state index in [1.807, 2.05) is 18.5 Å². The Balaban J connectivity index is 3.80. The number of terminal acetylenes is 1. The zero-order valence-electron chi connectivity index (χ0n) is 6.02. The molecule has 0 heterocycles. The molecule has 0 unspecified atom stereocenters. The van der Waals surface area contributed by atoms with E-state index < -0.39 is 0 Å². The normalized spacial score (nSPS) is 10.6. The first kappa shape index (κ1) is 7.97. The van der Waals surface area contributed by atoms with Crippen molar-refractivity contribution in [1.82, 2.24) is 0 Å². The van der Waals surface area contributed by atoms with Gasteiger partial charge in [-0.05, 0) is 18.6 Å². The molecule has 0 aliphatic carbocycles. The summed E-state index contributed by atoms with van der Waals surface area (Å²) >= 11 is 0. The Morgan fingerprint density at radius 1 is 1.89 bits per heavy atom. The van der Waals surface area contributed by atoms with Crippen LogP contribution >= 0.6 is 0 Å². The summed E-state index contributed by atoms with van der Waals surface area (Å²) in [7, 11) is 1.91. The van der Waals surface area contributed by atoms with E-state index in [4.69, 9.17) is 6.42 Å². The fourth-order valence-corrected chi connectivity index (χ4v) is 0.614. The predicted molar refractivity (Wildman–Crippen MR) is 40.8 cm³/mol. The number of allylic oxidation sites excluding steroid dienone is 1. The summed E-state index contributed by atoms with van der Waals surface area (Å²) < 4.78 is 1.84. The largest absolute Gasteiger partial charge is 0.241 e. The highest BCUT2D eigenvalue weighted by atomic mass is 14.9. The fourth-order valence-electron chi connectivity index (χ4n) is 0.614. The second kappa shape index (κ2) is 3.91. The molecule has 0 bridgehead atoms. The minimum atomic E-state index is 0.838. The van der Waals surface area contributed by atoms with Crippen molar-refractivity contribution in [1.29, 1.82) is 0 Å². The Hall–Kier alpha value is -1.03. The lowest BCUT2D eigenvalue weighted by Crippen LogP contribution is -2.04. The molecule has 0 saturated heterocycles. The van der Waals surface area contributed by atoms with Crippen LogP contribution in [0.5, 0.6) is 0 Å². The highest BCUT2D eigenvalue weighted by molar-refractivity contribution is 5.18. The summed E-state index contributed by atoms with van der Waals surface area (Å²) in [5, 5.41) is 0. The Labute approximate surface area is 56.7 Å². The van der Waals surface area contributed by atoms with Gasteiger partial charge in [-0.3, -0.25) is 0 Å². The van der Waals surface area contributed by atoms with Crippen LogP contribution in [0.1, 0.15) is 6.92 Å². The van der Waals surface area contributed by atoms with E-state index in [9.17, 15) is 0 Å². The van der Waals surface area contributed by atoms with Gasteiger partial charge in [0.1, 0.15) is 13.8 Å². The van der Waals surface area contributed by atoms with Crippen LogP contribution in [0, 0.1) is 12.3 Å². The standard InChI is InChI=1S/C8H12N/c1-5-6-8(2)7-9(3)4/h1,6H,3,7H2,2,4H3/q+1. The maximum atomic E-state index is 5.04. The summed E-state index contributed by atoms with van der Waals surface area (Å²) in [6, 6.07) is 0. The lowest BCUT2D eigenvalue weighted by molar-refractivity contribution is -0.479. The zero-order valence-corrected chi connectivity index (χ0v) is 6.02.